The summed E-state index contributed by atoms with van der Waals surface area (Å²) in [6.07, 6.45) is 0.0765. The molecule has 13 heteroatoms. The van der Waals surface area contributed by atoms with Gasteiger partial charge in [-0.25, -0.2) is 0 Å². The number of ether oxygens (including phenoxy) is 3. The molecule has 220 valence electrons. The second-order valence-corrected chi connectivity index (χ2v) is 11.1. The molecule has 1 atom stereocenters. The zero-order valence-corrected chi connectivity index (χ0v) is 24.9. The molecule has 11 nitrogen and oxygen atoms in total. The molecular formula is C28H34ClN5O6S. The molecule has 1 aliphatic heterocycles. The lowest BCUT2D eigenvalue weighted by molar-refractivity contribution is -0.138. The average Bonchev–Trinajstić information content (AvgIpc) is 3.41. The number of aryl methyl sites for hydroxylation is 2. The van der Waals surface area contributed by atoms with Gasteiger partial charge in [-0.2, -0.15) is 0 Å². The molecule has 1 amide bonds. The number of aliphatic carboxylic acids is 1. The maximum absolute atomic E-state index is 13.0. The van der Waals surface area contributed by atoms with Gasteiger partial charge in [0.05, 0.1) is 58.2 Å². The first kappa shape index (κ1) is 30.8. The number of nitrogens with zero attached hydrogens (tertiary/aromatic N) is 4. The van der Waals surface area contributed by atoms with Crippen LogP contribution < -0.4 is 5.32 Å². The molecule has 0 bridgehead atoms. The number of carbonyl (C=O) groups is 2. The molecule has 41 heavy (non-hydrogen) atoms. The minimum Gasteiger partial charge on any atom is -0.481 e. The number of thiophene rings is 1. The Morgan fingerprint density at radius 3 is 2.34 bits per heavy atom. The van der Waals surface area contributed by atoms with Crippen molar-refractivity contribution in [2.24, 2.45) is 4.99 Å². The third kappa shape index (κ3) is 7.98. The fourth-order valence-corrected chi connectivity index (χ4v) is 5.68. The highest BCUT2D eigenvalue weighted by molar-refractivity contribution is 7.15. The van der Waals surface area contributed by atoms with Crippen LogP contribution in [0.25, 0.3) is 5.00 Å². The van der Waals surface area contributed by atoms with Crippen molar-refractivity contribution >= 4 is 40.5 Å². The number of hydrogen-bond acceptors (Lipinski definition) is 9. The second-order valence-electron chi connectivity index (χ2n) is 9.44. The molecule has 4 rings (SSSR count). The summed E-state index contributed by atoms with van der Waals surface area (Å²) in [4.78, 5) is 29.7. The Balaban J connectivity index is 1.34. The van der Waals surface area contributed by atoms with E-state index in [-0.39, 0.29) is 25.4 Å². The van der Waals surface area contributed by atoms with Gasteiger partial charge in [0.15, 0.2) is 5.82 Å². The number of carboxylic acids is 1. The number of fused-ring (bicyclic) bond motifs is 3. The van der Waals surface area contributed by atoms with Crippen molar-refractivity contribution in [2.45, 2.75) is 39.7 Å². The van der Waals surface area contributed by atoms with Crippen LogP contribution in [0.5, 0.6) is 0 Å². The van der Waals surface area contributed by atoms with Crippen LogP contribution in [0.1, 0.15) is 52.1 Å². The fraction of sp³-hybridized carbons (Fsp3) is 0.464. The number of benzene rings is 1. The van der Waals surface area contributed by atoms with E-state index in [0.29, 0.717) is 50.4 Å². The number of aromatic nitrogens is 3. The highest BCUT2D eigenvalue weighted by atomic mass is 35.5. The molecular weight excluding hydrogens is 570 g/mol. The lowest BCUT2D eigenvalue weighted by Crippen LogP contribution is -2.29. The van der Waals surface area contributed by atoms with Crippen LogP contribution in [-0.2, 0) is 23.8 Å². The van der Waals surface area contributed by atoms with Crippen LogP contribution in [0.3, 0.4) is 0 Å². The van der Waals surface area contributed by atoms with Crippen molar-refractivity contribution in [3.63, 3.8) is 0 Å². The van der Waals surface area contributed by atoms with Gasteiger partial charge in [-0.05, 0) is 38.5 Å². The molecule has 1 aromatic carbocycles. The normalized spacial score (nSPS) is 14.2. The number of halogens is 1. The molecule has 3 aromatic rings. The van der Waals surface area contributed by atoms with Crippen molar-refractivity contribution in [1.82, 2.24) is 20.1 Å². The summed E-state index contributed by atoms with van der Waals surface area (Å²) in [7, 11) is 0. The first-order chi connectivity index (χ1) is 19.8. The van der Waals surface area contributed by atoms with Crippen molar-refractivity contribution in [3.05, 3.63) is 62.5 Å². The molecule has 0 aliphatic carbocycles. The van der Waals surface area contributed by atoms with Gasteiger partial charge in [-0.3, -0.25) is 19.1 Å². The van der Waals surface area contributed by atoms with E-state index in [4.69, 9.17) is 35.9 Å². The molecule has 0 fully saturated rings. The highest BCUT2D eigenvalue weighted by Crippen LogP contribution is 2.39. The molecule has 3 heterocycles. The molecule has 0 spiro atoms. The number of carbonyl (C=O) groups excluding carboxylic acids is 1. The number of hydrogen-bond donors (Lipinski definition) is 2. The summed E-state index contributed by atoms with van der Waals surface area (Å²) in [5, 5.41) is 21.9. The van der Waals surface area contributed by atoms with Gasteiger partial charge in [-0.15, -0.1) is 21.5 Å². The van der Waals surface area contributed by atoms with E-state index in [0.717, 1.165) is 33.2 Å². The Kier molecular flexibility index (Phi) is 11.0. The number of aliphatic imine (C=N–C) groups is 1. The number of rotatable bonds is 15. The van der Waals surface area contributed by atoms with Gasteiger partial charge >= 0.3 is 5.97 Å². The van der Waals surface area contributed by atoms with E-state index in [1.54, 1.807) is 11.3 Å². The first-order valence-corrected chi connectivity index (χ1v) is 14.5. The molecule has 1 aliphatic rings. The summed E-state index contributed by atoms with van der Waals surface area (Å²) >= 11 is 7.83. The van der Waals surface area contributed by atoms with Crippen molar-refractivity contribution in [1.29, 1.82) is 0 Å². The molecule has 2 aromatic heterocycles. The Morgan fingerprint density at radius 1 is 1.00 bits per heavy atom. The van der Waals surface area contributed by atoms with E-state index >= 15 is 0 Å². The maximum atomic E-state index is 13.0. The Hall–Kier alpha value is -3.16. The van der Waals surface area contributed by atoms with Crippen molar-refractivity contribution < 1.29 is 28.9 Å². The van der Waals surface area contributed by atoms with Crippen molar-refractivity contribution in [2.75, 3.05) is 46.2 Å². The largest absolute Gasteiger partial charge is 0.481 e. The average molecular weight is 604 g/mol. The minimum atomic E-state index is -0.892. The van der Waals surface area contributed by atoms with Gasteiger partial charge in [0.25, 0.3) is 0 Å². The van der Waals surface area contributed by atoms with Crippen LogP contribution in [0.4, 0.5) is 0 Å². The summed E-state index contributed by atoms with van der Waals surface area (Å²) < 4.78 is 18.1. The zero-order valence-electron chi connectivity index (χ0n) is 23.3. The number of nitrogens with one attached hydrogen (secondary N) is 1. The minimum absolute atomic E-state index is 0.0278. The van der Waals surface area contributed by atoms with Crippen LogP contribution in [-0.4, -0.2) is 83.6 Å². The monoisotopic (exact) mass is 603 g/mol. The van der Waals surface area contributed by atoms with E-state index in [9.17, 15) is 9.59 Å². The molecule has 2 N–H and O–H groups in total. The van der Waals surface area contributed by atoms with Gasteiger partial charge in [0.2, 0.25) is 5.91 Å². The summed E-state index contributed by atoms with van der Waals surface area (Å²) in [5.41, 5.74) is 3.87. The summed E-state index contributed by atoms with van der Waals surface area (Å²) in [6, 6.07) is 7.04. The fourth-order valence-electron chi connectivity index (χ4n) is 4.34. The quantitative estimate of drug-likeness (QED) is 0.250. The van der Waals surface area contributed by atoms with E-state index in [2.05, 4.69) is 29.4 Å². The molecule has 0 unspecified atom stereocenters. The third-order valence-corrected chi connectivity index (χ3v) is 7.95. The van der Waals surface area contributed by atoms with Crippen LogP contribution >= 0.6 is 22.9 Å². The highest BCUT2D eigenvalue weighted by Gasteiger charge is 2.32. The zero-order chi connectivity index (χ0) is 29.4. The molecule has 0 saturated carbocycles. The SMILES string of the molecule is Cc1sc2c(c1C)C(c1ccc(Cl)cc1)=N[C@@H](CC(=O)NCCOCCOCCOCCC(=O)O)c1nnc(C)n1-2. The van der Waals surface area contributed by atoms with Gasteiger partial charge < -0.3 is 24.6 Å². The topological polar surface area (TPSA) is 137 Å². The van der Waals surface area contributed by atoms with Crippen LogP contribution in [0.15, 0.2) is 29.3 Å². The van der Waals surface area contributed by atoms with Gasteiger partial charge in [-0.1, -0.05) is 23.7 Å². The smallest absolute Gasteiger partial charge is 0.305 e. The van der Waals surface area contributed by atoms with Gasteiger partial charge in [0.1, 0.15) is 16.9 Å². The predicted molar refractivity (Wildman–Crippen MR) is 156 cm³/mol. The Morgan fingerprint density at radius 2 is 1.66 bits per heavy atom. The number of amides is 1. The van der Waals surface area contributed by atoms with E-state index < -0.39 is 12.0 Å². The number of carboxylic acid groups (broad SMARTS) is 1. The Labute approximate surface area is 247 Å². The molecule has 0 radical (unpaired) electrons. The van der Waals surface area contributed by atoms with Crippen LogP contribution in [0, 0.1) is 20.8 Å². The predicted octanol–water partition coefficient (Wildman–Crippen LogP) is 3.83. The molecule has 0 saturated heterocycles. The Bertz CT molecular complexity index is 1390. The summed E-state index contributed by atoms with van der Waals surface area (Å²) in [5.74, 6) is 0.307. The lowest BCUT2D eigenvalue weighted by atomic mass is 9.99. The van der Waals surface area contributed by atoms with Gasteiger partial charge in [0, 0.05) is 27.6 Å². The van der Waals surface area contributed by atoms with Crippen LogP contribution in [0.2, 0.25) is 5.02 Å². The van der Waals surface area contributed by atoms with Crippen molar-refractivity contribution in [3.8, 4) is 5.00 Å². The third-order valence-electron chi connectivity index (χ3n) is 6.51. The van der Waals surface area contributed by atoms with E-state index in [1.807, 2.05) is 35.8 Å². The lowest BCUT2D eigenvalue weighted by Gasteiger charge is -2.13. The summed E-state index contributed by atoms with van der Waals surface area (Å²) in [6.45, 7) is 8.34. The first-order valence-electron chi connectivity index (χ1n) is 13.3. The van der Waals surface area contributed by atoms with E-state index in [1.165, 1.54) is 4.88 Å². The standard InChI is InChI=1S/C28H34ClN5O6S/c1-17-18(2)41-28-25(17)26(20-4-6-21(29)7-5-20)31-22(27-33-32-19(3)34(27)28)16-23(35)30-9-11-39-13-15-40-14-12-38-10-8-24(36)37/h4-7,22H,8-16H2,1-3H3,(H,30,35)(H,36,37)/t22-/m0/s1. The second kappa shape index (κ2) is 14.6. The maximum Gasteiger partial charge on any atom is 0.305 e.